The van der Waals surface area contributed by atoms with Gasteiger partial charge in [0.05, 0.1) is 13.2 Å². The van der Waals surface area contributed by atoms with Gasteiger partial charge in [-0.05, 0) is 38.3 Å². The maximum atomic E-state index is 5.65. The second kappa shape index (κ2) is 5.10. The summed E-state index contributed by atoms with van der Waals surface area (Å²) in [6.07, 6.45) is 5.25. The van der Waals surface area contributed by atoms with Crippen LogP contribution in [0.1, 0.15) is 25.7 Å². The molecule has 1 aliphatic carbocycles. The minimum absolute atomic E-state index is 0.795. The van der Waals surface area contributed by atoms with Gasteiger partial charge in [0.25, 0.3) is 0 Å². The zero-order chi connectivity index (χ0) is 9.80. The first kappa shape index (κ1) is 10.4. The van der Waals surface area contributed by atoms with Crippen molar-refractivity contribution in [3.05, 3.63) is 0 Å². The SMILES string of the molecule is NCCCN1CCOC[C@@H]2CCC[C@@H]21. The smallest absolute Gasteiger partial charge is 0.0593 e. The summed E-state index contributed by atoms with van der Waals surface area (Å²) >= 11 is 0. The number of nitrogens with two attached hydrogens (primary N) is 1. The van der Waals surface area contributed by atoms with E-state index in [1.54, 1.807) is 0 Å². The number of fused-ring (bicyclic) bond motifs is 1. The molecular formula is C11H22N2O. The van der Waals surface area contributed by atoms with Crippen LogP contribution in [0.4, 0.5) is 0 Å². The van der Waals surface area contributed by atoms with Crippen LogP contribution in [-0.2, 0) is 4.74 Å². The number of hydrogen-bond donors (Lipinski definition) is 1. The normalized spacial score (nSPS) is 34.1. The molecule has 14 heavy (non-hydrogen) atoms. The molecule has 0 bridgehead atoms. The number of rotatable bonds is 3. The van der Waals surface area contributed by atoms with Crippen molar-refractivity contribution in [3.63, 3.8) is 0 Å². The Kier molecular flexibility index (Phi) is 3.79. The molecule has 0 spiro atoms. The van der Waals surface area contributed by atoms with Gasteiger partial charge < -0.3 is 10.5 Å². The van der Waals surface area contributed by atoms with Gasteiger partial charge in [-0.2, -0.15) is 0 Å². The van der Waals surface area contributed by atoms with Crippen molar-refractivity contribution < 1.29 is 4.74 Å². The molecule has 0 amide bonds. The third-order valence-electron chi connectivity index (χ3n) is 3.59. The standard InChI is InChI=1S/C11H22N2O/c12-5-2-6-13-7-8-14-9-10-3-1-4-11(10)13/h10-11H,1-9,12H2/t10-,11-/m0/s1. The summed E-state index contributed by atoms with van der Waals surface area (Å²) in [4.78, 5) is 2.61. The molecule has 0 aromatic heterocycles. The third kappa shape index (κ3) is 2.27. The van der Waals surface area contributed by atoms with E-state index in [1.165, 1.54) is 25.8 Å². The van der Waals surface area contributed by atoms with Gasteiger partial charge in [-0.1, -0.05) is 6.42 Å². The number of ether oxygens (including phenoxy) is 1. The second-order valence-electron chi connectivity index (χ2n) is 4.51. The van der Waals surface area contributed by atoms with Crippen LogP contribution in [0, 0.1) is 5.92 Å². The van der Waals surface area contributed by atoms with Crippen LogP contribution in [0.25, 0.3) is 0 Å². The van der Waals surface area contributed by atoms with Gasteiger partial charge in [-0.3, -0.25) is 4.90 Å². The minimum Gasteiger partial charge on any atom is -0.380 e. The Labute approximate surface area is 86.6 Å². The highest BCUT2D eigenvalue weighted by Crippen LogP contribution is 2.31. The Hall–Kier alpha value is -0.120. The molecule has 1 aliphatic heterocycles. The van der Waals surface area contributed by atoms with E-state index < -0.39 is 0 Å². The van der Waals surface area contributed by atoms with Gasteiger partial charge in [-0.25, -0.2) is 0 Å². The Morgan fingerprint density at radius 1 is 1.36 bits per heavy atom. The lowest BCUT2D eigenvalue weighted by atomic mass is 10.0. The zero-order valence-electron chi connectivity index (χ0n) is 8.95. The first-order chi connectivity index (χ1) is 6.92. The molecule has 2 N–H and O–H groups in total. The van der Waals surface area contributed by atoms with Gasteiger partial charge in [0, 0.05) is 12.6 Å². The summed E-state index contributed by atoms with van der Waals surface area (Å²) in [5, 5.41) is 0. The molecule has 0 aromatic carbocycles. The van der Waals surface area contributed by atoms with Gasteiger partial charge >= 0.3 is 0 Å². The van der Waals surface area contributed by atoms with E-state index in [-0.39, 0.29) is 0 Å². The Bertz CT molecular complexity index is 175. The van der Waals surface area contributed by atoms with Crippen LogP contribution >= 0.6 is 0 Å². The second-order valence-corrected chi connectivity index (χ2v) is 4.51. The van der Waals surface area contributed by atoms with Gasteiger partial charge in [0.1, 0.15) is 0 Å². The first-order valence-corrected chi connectivity index (χ1v) is 5.93. The van der Waals surface area contributed by atoms with Crippen molar-refractivity contribution >= 4 is 0 Å². The average molecular weight is 198 g/mol. The molecule has 3 nitrogen and oxygen atoms in total. The molecule has 1 saturated carbocycles. The Balaban J connectivity index is 1.91. The summed E-state index contributed by atoms with van der Waals surface area (Å²) < 4.78 is 5.65. The fourth-order valence-electron chi connectivity index (χ4n) is 2.85. The third-order valence-corrected chi connectivity index (χ3v) is 3.59. The van der Waals surface area contributed by atoms with Crippen LogP contribution in [0.2, 0.25) is 0 Å². The number of nitrogens with zero attached hydrogens (tertiary/aromatic N) is 1. The maximum Gasteiger partial charge on any atom is 0.0593 e. The predicted molar refractivity (Wildman–Crippen MR) is 57.2 cm³/mol. The average Bonchev–Trinajstić information content (AvgIpc) is 2.58. The van der Waals surface area contributed by atoms with E-state index in [9.17, 15) is 0 Å². The summed E-state index contributed by atoms with van der Waals surface area (Å²) in [6, 6.07) is 0.795. The summed E-state index contributed by atoms with van der Waals surface area (Å²) in [6.45, 7) is 5.00. The highest BCUT2D eigenvalue weighted by Gasteiger charge is 2.33. The first-order valence-electron chi connectivity index (χ1n) is 5.93. The highest BCUT2D eigenvalue weighted by molar-refractivity contribution is 4.86. The maximum absolute atomic E-state index is 5.65. The van der Waals surface area contributed by atoms with E-state index in [0.717, 1.165) is 44.7 Å². The summed E-state index contributed by atoms with van der Waals surface area (Å²) in [7, 11) is 0. The molecule has 1 heterocycles. The molecule has 0 radical (unpaired) electrons. The molecule has 82 valence electrons. The van der Waals surface area contributed by atoms with E-state index in [1.807, 2.05) is 0 Å². The lowest BCUT2D eigenvalue weighted by Crippen LogP contribution is -2.39. The van der Waals surface area contributed by atoms with Crippen molar-refractivity contribution in [1.82, 2.24) is 4.90 Å². The Morgan fingerprint density at radius 2 is 2.29 bits per heavy atom. The van der Waals surface area contributed by atoms with Crippen molar-refractivity contribution in [2.75, 3.05) is 32.8 Å². The van der Waals surface area contributed by atoms with Crippen LogP contribution in [-0.4, -0.2) is 43.8 Å². The van der Waals surface area contributed by atoms with Gasteiger partial charge in [0.15, 0.2) is 0 Å². The van der Waals surface area contributed by atoms with E-state index in [2.05, 4.69) is 4.90 Å². The molecular weight excluding hydrogens is 176 g/mol. The fraction of sp³-hybridized carbons (Fsp3) is 1.00. The quantitative estimate of drug-likeness (QED) is 0.730. The fourth-order valence-corrected chi connectivity index (χ4v) is 2.85. The van der Waals surface area contributed by atoms with E-state index in [4.69, 9.17) is 10.5 Å². The highest BCUT2D eigenvalue weighted by atomic mass is 16.5. The van der Waals surface area contributed by atoms with Gasteiger partial charge in [-0.15, -0.1) is 0 Å². The molecule has 2 fully saturated rings. The van der Waals surface area contributed by atoms with Crippen molar-refractivity contribution in [2.24, 2.45) is 11.7 Å². The molecule has 2 rings (SSSR count). The largest absolute Gasteiger partial charge is 0.380 e. The lowest BCUT2D eigenvalue weighted by Gasteiger charge is -2.29. The van der Waals surface area contributed by atoms with Gasteiger partial charge in [0.2, 0.25) is 0 Å². The lowest BCUT2D eigenvalue weighted by molar-refractivity contribution is 0.120. The molecule has 3 heteroatoms. The molecule has 2 atom stereocenters. The van der Waals surface area contributed by atoms with Crippen LogP contribution in [0.5, 0.6) is 0 Å². The minimum atomic E-state index is 0.795. The van der Waals surface area contributed by atoms with E-state index in [0.29, 0.717) is 0 Å². The topological polar surface area (TPSA) is 38.5 Å². The summed E-state index contributed by atoms with van der Waals surface area (Å²) in [5.74, 6) is 0.801. The summed E-state index contributed by atoms with van der Waals surface area (Å²) in [5.41, 5.74) is 5.56. The zero-order valence-corrected chi connectivity index (χ0v) is 8.95. The Morgan fingerprint density at radius 3 is 3.14 bits per heavy atom. The molecule has 1 saturated heterocycles. The predicted octanol–water partition coefficient (Wildman–Crippen LogP) is 0.836. The molecule has 2 aliphatic rings. The van der Waals surface area contributed by atoms with Crippen LogP contribution in [0.3, 0.4) is 0 Å². The van der Waals surface area contributed by atoms with Crippen molar-refractivity contribution in [1.29, 1.82) is 0 Å². The van der Waals surface area contributed by atoms with Crippen molar-refractivity contribution in [3.8, 4) is 0 Å². The molecule has 0 aromatic rings. The van der Waals surface area contributed by atoms with Crippen LogP contribution in [0.15, 0.2) is 0 Å². The molecule has 0 unspecified atom stereocenters. The van der Waals surface area contributed by atoms with Crippen molar-refractivity contribution in [2.45, 2.75) is 31.7 Å². The van der Waals surface area contributed by atoms with E-state index >= 15 is 0 Å². The monoisotopic (exact) mass is 198 g/mol. The van der Waals surface area contributed by atoms with Crippen LogP contribution < -0.4 is 5.73 Å². The number of hydrogen-bond acceptors (Lipinski definition) is 3.